The number of rotatable bonds is 4. The number of pyridine rings is 1. The Kier molecular flexibility index (Phi) is 6.21. The number of carbonyl (C=O) groups excluding carboxylic acids is 1. The van der Waals surface area contributed by atoms with Crippen LogP contribution in [0.3, 0.4) is 0 Å². The minimum Gasteiger partial charge on any atom is -0.365 e. The third-order valence-electron chi connectivity index (χ3n) is 5.14. The number of hydrogen-bond donors (Lipinski definition) is 1. The minimum atomic E-state index is -0.370. The van der Waals surface area contributed by atoms with Crippen molar-refractivity contribution in [3.63, 3.8) is 0 Å². The van der Waals surface area contributed by atoms with Crippen LogP contribution in [0.15, 0.2) is 24.5 Å². The van der Waals surface area contributed by atoms with Crippen molar-refractivity contribution in [2.24, 2.45) is 0 Å². The molecule has 24 heavy (non-hydrogen) atoms. The highest BCUT2D eigenvalue weighted by Crippen LogP contribution is 2.25. The summed E-state index contributed by atoms with van der Waals surface area (Å²) in [5.41, 5.74) is 1.08. The first-order valence-electron chi connectivity index (χ1n) is 9.32. The molecule has 2 fully saturated rings. The van der Waals surface area contributed by atoms with Gasteiger partial charge in [-0.25, -0.2) is 0 Å². The lowest BCUT2D eigenvalue weighted by Gasteiger charge is -2.38. The summed E-state index contributed by atoms with van der Waals surface area (Å²) in [5, 5.41) is 3.38. The number of amides is 1. The Labute approximate surface area is 144 Å². The van der Waals surface area contributed by atoms with Crippen molar-refractivity contribution < 1.29 is 9.53 Å². The van der Waals surface area contributed by atoms with E-state index >= 15 is 0 Å². The average molecular weight is 331 g/mol. The summed E-state index contributed by atoms with van der Waals surface area (Å²) in [6.45, 7) is 4.23. The number of ether oxygens (including phenoxy) is 1. The predicted octanol–water partition coefficient (Wildman–Crippen LogP) is 2.68. The van der Waals surface area contributed by atoms with Crippen LogP contribution >= 0.6 is 0 Å². The zero-order valence-electron chi connectivity index (χ0n) is 14.6. The van der Waals surface area contributed by atoms with Crippen molar-refractivity contribution in [2.45, 2.75) is 63.7 Å². The van der Waals surface area contributed by atoms with Crippen LogP contribution < -0.4 is 5.32 Å². The van der Waals surface area contributed by atoms with Crippen LogP contribution in [0.5, 0.6) is 0 Å². The van der Waals surface area contributed by atoms with Gasteiger partial charge in [-0.15, -0.1) is 0 Å². The molecule has 1 saturated heterocycles. The number of aromatic nitrogens is 1. The molecule has 0 aromatic carbocycles. The molecule has 1 saturated carbocycles. The quantitative estimate of drug-likeness (QED) is 0.862. The standard InChI is InChI=1S/C19H29N3O2/c1-15(24-17-8-4-2-3-5-9-17)19(23)22-12-11-21-14-18(22)16-7-6-10-20-13-16/h6-7,10,13,15,17-18,21H,2-5,8-9,11-12,14H2,1H3. The van der Waals surface area contributed by atoms with E-state index in [1.165, 1.54) is 25.7 Å². The molecule has 5 heteroatoms. The van der Waals surface area contributed by atoms with Gasteiger partial charge >= 0.3 is 0 Å². The normalized spacial score (nSPS) is 24.4. The largest absolute Gasteiger partial charge is 0.365 e. The molecule has 1 aliphatic heterocycles. The van der Waals surface area contributed by atoms with Gasteiger partial charge < -0.3 is 15.0 Å². The zero-order chi connectivity index (χ0) is 16.8. The highest BCUT2D eigenvalue weighted by Gasteiger charge is 2.32. The van der Waals surface area contributed by atoms with Gasteiger partial charge in [-0.05, 0) is 31.4 Å². The van der Waals surface area contributed by atoms with Crippen LogP contribution in [0.25, 0.3) is 0 Å². The van der Waals surface area contributed by atoms with E-state index in [2.05, 4.69) is 10.3 Å². The van der Waals surface area contributed by atoms with E-state index in [0.29, 0.717) is 0 Å². The Bertz CT molecular complexity index is 515. The highest BCUT2D eigenvalue weighted by atomic mass is 16.5. The van der Waals surface area contributed by atoms with E-state index in [9.17, 15) is 4.79 Å². The molecule has 0 radical (unpaired) electrons. The number of piperazine rings is 1. The van der Waals surface area contributed by atoms with Crippen molar-refractivity contribution in [3.8, 4) is 0 Å². The Morgan fingerprint density at radius 3 is 2.83 bits per heavy atom. The maximum atomic E-state index is 13.0. The second kappa shape index (κ2) is 8.58. The molecule has 5 nitrogen and oxygen atoms in total. The SMILES string of the molecule is CC(OC1CCCCCC1)C(=O)N1CCNCC1c1cccnc1. The van der Waals surface area contributed by atoms with Gasteiger partial charge in [0.2, 0.25) is 0 Å². The molecule has 3 rings (SSSR count). The Balaban J connectivity index is 1.64. The molecule has 1 N–H and O–H groups in total. The lowest BCUT2D eigenvalue weighted by Crippen LogP contribution is -2.52. The average Bonchev–Trinajstić information content (AvgIpc) is 2.90. The first kappa shape index (κ1) is 17.4. The molecule has 0 spiro atoms. The topological polar surface area (TPSA) is 54.5 Å². The van der Waals surface area contributed by atoms with Gasteiger partial charge in [-0.3, -0.25) is 9.78 Å². The smallest absolute Gasteiger partial charge is 0.252 e. The third-order valence-corrected chi connectivity index (χ3v) is 5.14. The van der Waals surface area contributed by atoms with Crippen molar-refractivity contribution in [1.82, 2.24) is 15.2 Å². The summed E-state index contributed by atoms with van der Waals surface area (Å²) in [6, 6.07) is 4.01. The van der Waals surface area contributed by atoms with E-state index in [-0.39, 0.29) is 24.2 Å². The van der Waals surface area contributed by atoms with Crippen LogP contribution in [-0.2, 0) is 9.53 Å². The number of carbonyl (C=O) groups is 1. The maximum Gasteiger partial charge on any atom is 0.252 e. The summed E-state index contributed by atoms with van der Waals surface area (Å²) in [6.07, 6.45) is 10.7. The van der Waals surface area contributed by atoms with Crippen LogP contribution in [0, 0.1) is 0 Å². The molecule has 2 aliphatic rings. The van der Waals surface area contributed by atoms with Gasteiger partial charge in [-0.2, -0.15) is 0 Å². The van der Waals surface area contributed by atoms with Gasteiger partial charge in [0.25, 0.3) is 5.91 Å². The molecule has 1 aromatic heterocycles. The fraction of sp³-hybridized carbons (Fsp3) is 0.684. The number of nitrogens with one attached hydrogen (secondary N) is 1. The van der Waals surface area contributed by atoms with Gasteiger partial charge in [0.15, 0.2) is 0 Å². The molecule has 1 aliphatic carbocycles. The van der Waals surface area contributed by atoms with Crippen LogP contribution in [0.4, 0.5) is 0 Å². The predicted molar refractivity (Wildman–Crippen MR) is 93.6 cm³/mol. The molecular formula is C19H29N3O2. The van der Waals surface area contributed by atoms with Crippen molar-refractivity contribution in [3.05, 3.63) is 30.1 Å². The zero-order valence-corrected chi connectivity index (χ0v) is 14.6. The Morgan fingerprint density at radius 1 is 1.33 bits per heavy atom. The van der Waals surface area contributed by atoms with Crippen molar-refractivity contribution >= 4 is 5.91 Å². The second-order valence-electron chi connectivity index (χ2n) is 6.93. The molecule has 2 unspecified atom stereocenters. The molecule has 1 amide bonds. The van der Waals surface area contributed by atoms with Crippen LogP contribution in [-0.4, -0.2) is 47.6 Å². The number of hydrogen-bond acceptors (Lipinski definition) is 4. The molecule has 2 atom stereocenters. The van der Waals surface area contributed by atoms with E-state index in [0.717, 1.165) is 38.0 Å². The van der Waals surface area contributed by atoms with Gasteiger partial charge in [0.1, 0.15) is 6.10 Å². The maximum absolute atomic E-state index is 13.0. The fourth-order valence-corrected chi connectivity index (χ4v) is 3.80. The highest BCUT2D eigenvalue weighted by molar-refractivity contribution is 5.81. The van der Waals surface area contributed by atoms with E-state index in [1.54, 1.807) is 6.20 Å². The fourth-order valence-electron chi connectivity index (χ4n) is 3.80. The molecule has 2 heterocycles. The lowest BCUT2D eigenvalue weighted by molar-refractivity contribution is -0.150. The lowest BCUT2D eigenvalue weighted by atomic mass is 10.0. The molecule has 132 valence electrons. The van der Waals surface area contributed by atoms with Gasteiger partial charge in [0.05, 0.1) is 12.1 Å². The first-order chi connectivity index (χ1) is 11.8. The van der Waals surface area contributed by atoms with E-state index < -0.39 is 0 Å². The summed E-state index contributed by atoms with van der Waals surface area (Å²) < 4.78 is 6.14. The molecular weight excluding hydrogens is 302 g/mol. The minimum absolute atomic E-state index is 0.0418. The summed E-state index contributed by atoms with van der Waals surface area (Å²) in [7, 11) is 0. The first-order valence-corrected chi connectivity index (χ1v) is 9.32. The number of nitrogens with zero attached hydrogens (tertiary/aromatic N) is 2. The molecule has 0 bridgehead atoms. The second-order valence-corrected chi connectivity index (χ2v) is 6.93. The third kappa shape index (κ3) is 4.33. The van der Waals surface area contributed by atoms with Crippen molar-refractivity contribution in [2.75, 3.05) is 19.6 Å². The van der Waals surface area contributed by atoms with Gasteiger partial charge in [0, 0.05) is 32.0 Å². The Morgan fingerprint density at radius 2 is 2.12 bits per heavy atom. The van der Waals surface area contributed by atoms with E-state index in [1.807, 2.05) is 30.2 Å². The van der Waals surface area contributed by atoms with Crippen LogP contribution in [0.2, 0.25) is 0 Å². The monoisotopic (exact) mass is 331 g/mol. The Hall–Kier alpha value is -1.46. The summed E-state index contributed by atoms with van der Waals surface area (Å²) in [4.78, 5) is 19.2. The summed E-state index contributed by atoms with van der Waals surface area (Å²) >= 11 is 0. The molecule has 1 aromatic rings. The van der Waals surface area contributed by atoms with Crippen LogP contribution in [0.1, 0.15) is 57.1 Å². The summed E-state index contributed by atoms with van der Waals surface area (Å²) in [5.74, 6) is 0.106. The van der Waals surface area contributed by atoms with Gasteiger partial charge in [-0.1, -0.05) is 31.7 Å². The van der Waals surface area contributed by atoms with E-state index in [4.69, 9.17) is 4.74 Å². The van der Waals surface area contributed by atoms with Crippen molar-refractivity contribution in [1.29, 1.82) is 0 Å².